The molecule has 1 amide bonds. The van der Waals surface area contributed by atoms with Crippen LogP contribution in [0.4, 0.5) is 5.69 Å². The van der Waals surface area contributed by atoms with E-state index in [-0.39, 0.29) is 5.91 Å². The Kier molecular flexibility index (Phi) is 4.10. The van der Waals surface area contributed by atoms with Crippen LogP contribution < -0.4 is 5.32 Å². The van der Waals surface area contributed by atoms with E-state index in [0.29, 0.717) is 16.9 Å². The summed E-state index contributed by atoms with van der Waals surface area (Å²) in [6.07, 6.45) is 0. The fraction of sp³-hybridized carbons (Fsp3) is 0.208. The van der Waals surface area contributed by atoms with Crippen molar-refractivity contribution in [3.05, 3.63) is 71.2 Å². The van der Waals surface area contributed by atoms with Crippen molar-refractivity contribution in [2.24, 2.45) is 0 Å². The van der Waals surface area contributed by atoms with Gasteiger partial charge in [0, 0.05) is 45.4 Å². The van der Waals surface area contributed by atoms with E-state index in [9.17, 15) is 4.79 Å². The molecule has 3 aromatic heterocycles. The molecule has 0 aliphatic heterocycles. The van der Waals surface area contributed by atoms with Crippen LogP contribution in [-0.2, 0) is 6.54 Å². The van der Waals surface area contributed by atoms with Gasteiger partial charge in [0.1, 0.15) is 5.56 Å². The molecule has 1 N–H and O–H groups in total. The second-order valence-electron chi connectivity index (χ2n) is 7.68. The normalized spacial score (nSPS) is 11.6. The second kappa shape index (κ2) is 6.69. The second-order valence-corrected chi connectivity index (χ2v) is 7.68. The number of hydrogen-bond acceptors (Lipinski definition) is 3. The summed E-state index contributed by atoms with van der Waals surface area (Å²) < 4.78 is 4.02. The number of amides is 1. The van der Waals surface area contributed by atoms with Crippen molar-refractivity contribution in [1.82, 2.24) is 19.2 Å². The van der Waals surface area contributed by atoms with Gasteiger partial charge in [0.15, 0.2) is 5.65 Å². The maximum Gasteiger partial charge on any atom is 0.261 e. The molecule has 0 saturated carbocycles. The maximum atomic E-state index is 13.2. The molecular formula is C24H23N5O. The molecule has 0 radical (unpaired) electrons. The van der Waals surface area contributed by atoms with Crippen LogP contribution in [0.2, 0.25) is 0 Å². The van der Waals surface area contributed by atoms with Crippen molar-refractivity contribution in [3.8, 4) is 0 Å². The molecule has 3 heterocycles. The summed E-state index contributed by atoms with van der Waals surface area (Å²) in [5.74, 6) is -0.196. The van der Waals surface area contributed by atoms with Crippen LogP contribution in [0.5, 0.6) is 0 Å². The average molecular weight is 397 g/mol. The first kappa shape index (κ1) is 18.4. The molecule has 6 heteroatoms. The number of hydrogen-bond donors (Lipinski definition) is 1. The van der Waals surface area contributed by atoms with E-state index in [4.69, 9.17) is 0 Å². The molecule has 0 fully saturated rings. The van der Waals surface area contributed by atoms with Gasteiger partial charge < -0.3 is 9.88 Å². The van der Waals surface area contributed by atoms with Gasteiger partial charge in [0.05, 0.1) is 5.69 Å². The Morgan fingerprint density at radius 2 is 1.77 bits per heavy atom. The number of benzene rings is 2. The number of rotatable bonds is 3. The van der Waals surface area contributed by atoms with Crippen LogP contribution in [0.15, 0.2) is 48.5 Å². The third-order valence-corrected chi connectivity index (χ3v) is 5.64. The minimum Gasteiger partial charge on any atom is -0.341 e. The number of fused-ring (bicyclic) bond motifs is 4. The van der Waals surface area contributed by atoms with Crippen molar-refractivity contribution in [3.63, 3.8) is 0 Å². The molecule has 5 rings (SSSR count). The smallest absolute Gasteiger partial charge is 0.261 e. The molecule has 0 unspecified atom stereocenters. The summed E-state index contributed by atoms with van der Waals surface area (Å²) in [7, 11) is 0. The van der Waals surface area contributed by atoms with E-state index in [1.807, 2.05) is 45.0 Å². The van der Waals surface area contributed by atoms with Crippen LogP contribution in [-0.4, -0.2) is 25.1 Å². The van der Waals surface area contributed by atoms with Crippen LogP contribution in [0.3, 0.4) is 0 Å². The molecule has 0 aliphatic carbocycles. The quantitative estimate of drug-likeness (QED) is 0.464. The van der Waals surface area contributed by atoms with Crippen molar-refractivity contribution in [2.45, 2.75) is 34.2 Å². The first-order chi connectivity index (χ1) is 14.5. The highest BCUT2D eigenvalue weighted by atomic mass is 16.1. The van der Waals surface area contributed by atoms with Gasteiger partial charge in [-0.05, 0) is 58.0 Å². The molecule has 0 saturated heterocycles. The van der Waals surface area contributed by atoms with Gasteiger partial charge in [-0.25, -0.2) is 9.50 Å². The number of nitrogens with zero attached hydrogens (tertiary/aromatic N) is 4. The third kappa shape index (κ3) is 2.68. The van der Waals surface area contributed by atoms with E-state index in [1.165, 1.54) is 10.9 Å². The minimum atomic E-state index is -0.196. The van der Waals surface area contributed by atoms with E-state index in [2.05, 4.69) is 51.2 Å². The Bertz CT molecular complexity index is 1460. The van der Waals surface area contributed by atoms with Crippen LogP contribution in [0.1, 0.15) is 34.4 Å². The fourth-order valence-electron chi connectivity index (χ4n) is 4.36. The van der Waals surface area contributed by atoms with Gasteiger partial charge in [0.2, 0.25) is 0 Å². The number of nitrogens with one attached hydrogen (secondary N) is 1. The number of aromatic nitrogens is 4. The Morgan fingerprint density at radius 1 is 1.00 bits per heavy atom. The Labute approximate surface area is 174 Å². The van der Waals surface area contributed by atoms with Gasteiger partial charge in [-0.15, -0.1) is 0 Å². The van der Waals surface area contributed by atoms with Crippen molar-refractivity contribution >= 4 is 39.0 Å². The summed E-state index contributed by atoms with van der Waals surface area (Å²) in [6.45, 7) is 8.77. The van der Waals surface area contributed by atoms with E-state index in [1.54, 1.807) is 4.52 Å². The summed E-state index contributed by atoms with van der Waals surface area (Å²) in [4.78, 5) is 17.7. The SMILES string of the molecule is CCn1c2ccccc2c2cc(NC(=O)c3c(C)nn4c(C)cc(C)nc34)ccc21. The predicted molar refractivity (Wildman–Crippen MR) is 120 cm³/mol. The van der Waals surface area contributed by atoms with E-state index in [0.717, 1.165) is 34.5 Å². The van der Waals surface area contributed by atoms with Gasteiger partial charge in [-0.3, -0.25) is 4.79 Å². The Morgan fingerprint density at radius 3 is 2.57 bits per heavy atom. The van der Waals surface area contributed by atoms with Crippen molar-refractivity contribution < 1.29 is 4.79 Å². The average Bonchev–Trinajstić information content (AvgIpc) is 3.22. The van der Waals surface area contributed by atoms with Gasteiger partial charge >= 0.3 is 0 Å². The van der Waals surface area contributed by atoms with Gasteiger partial charge in [0.25, 0.3) is 5.91 Å². The van der Waals surface area contributed by atoms with E-state index < -0.39 is 0 Å². The Balaban J connectivity index is 1.60. The monoisotopic (exact) mass is 397 g/mol. The summed E-state index contributed by atoms with van der Waals surface area (Å²) >= 11 is 0. The zero-order valence-corrected chi connectivity index (χ0v) is 17.5. The van der Waals surface area contributed by atoms with Crippen LogP contribution in [0.25, 0.3) is 27.5 Å². The first-order valence-corrected chi connectivity index (χ1v) is 10.1. The third-order valence-electron chi connectivity index (χ3n) is 5.64. The molecule has 0 atom stereocenters. The fourth-order valence-corrected chi connectivity index (χ4v) is 4.36. The van der Waals surface area contributed by atoms with Crippen molar-refractivity contribution in [2.75, 3.05) is 5.32 Å². The topological polar surface area (TPSA) is 64.2 Å². The number of carbonyl (C=O) groups excluding carboxylic acids is 1. The Hall–Kier alpha value is -3.67. The molecule has 5 aromatic rings. The zero-order valence-electron chi connectivity index (χ0n) is 17.5. The summed E-state index contributed by atoms with van der Waals surface area (Å²) in [5.41, 5.74) is 6.70. The van der Waals surface area contributed by atoms with Gasteiger partial charge in [-0.1, -0.05) is 18.2 Å². The molecule has 2 aromatic carbocycles. The van der Waals surface area contributed by atoms with E-state index >= 15 is 0 Å². The number of aryl methyl sites for hydroxylation is 4. The molecule has 150 valence electrons. The highest BCUT2D eigenvalue weighted by Crippen LogP contribution is 2.31. The van der Waals surface area contributed by atoms with Gasteiger partial charge in [-0.2, -0.15) is 5.10 Å². The molecule has 0 spiro atoms. The molecule has 30 heavy (non-hydrogen) atoms. The number of para-hydroxylation sites is 1. The number of anilines is 1. The summed E-state index contributed by atoms with van der Waals surface area (Å²) in [5, 5.41) is 9.89. The lowest BCUT2D eigenvalue weighted by atomic mass is 10.1. The lowest BCUT2D eigenvalue weighted by molar-refractivity contribution is 0.102. The minimum absolute atomic E-state index is 0.196. The largest absolute Gasteiger partial charge is 0.341 e. The highest BCUT2D eigenvalue weighted by molar-refractivity contribution is 6.12. The standard InChI is InChI=1S/C24H23N5O/c1-5-28-20-9-7-6-8-18(20)19-13-17(10-11-21(19)28)26-24(30)22-16(4)27-29-15(3)12-14(2)25-23(22)29/h6-13H,5H2,1-4H3,(H,26,30). The van der Waals surface area contributed by atoms with Crippen molar-refractivity contribution in [1.29, 1.82) is 0 Å². The molecular weight excluding hydrogens is 374 g/mol. The molecule has 0 bridgehead atoms. The lowest BCUT2D eigenvalue weighted by Crippen LogP contribution is -2.13. The number of carbonyl (C=O) groups is 1. The summed E-state index contributed by atoms with van der Waals surface area (Å²) in [6, 6.07) is 16.4. The first-order valence-electron chi connectivity index (χ1n) is 10.1. The molecule has 0 aliphatic rings. The highest BCUT2D eigenvalue weighted by Gasteiger charge is 2.20. The van der Waals surface area contributed by atoms with Crippen LogP contribution in [0, 0.1) is 20.8 Å². The lowest BCUT2D eigenvalue weighted by Gasteiger charge is -2.07. The predicted octanol–water partition coefficient (Wildman–Crippen LogP) is 5.03. The zero-order chi connectivity index (χ0) is 21.0. The molecule has 6 nitrogen and oxygen atoms in total. The maximum absolute atomic E-state index is 13.2. The van der Waals surface area contributed by atoms with Crippen LogP contribution >= 0.6 is 0 Å².